The molecule has 3 nitrogen and oxygen atoms in total. The fourth-order valence-corrected chi connectivity index (χ4v) is 1.73. The average molecular weight is 207 g/mol. The Kier molecular flexibility index (Phi) is 5.29. The van der Waals surface area contributed by atoms with Crippen LogP contribution in [0.3, 0.4) is 0 Å². The molecule has 0 spiro atoms. The smallest absolute Gasteiger partial charge is 0.0543 e. The van der Waals surface area contributed by atoms with Gasteiger partial charge in [0.15, 0.2) is 0 Å². The van der Waals surface area contributed by atoms with Gasteiger partial charge < -0.3 is 5.73 Å². The van der Waals surface area contributed by atoms with Gasteiger partial charge >= 0.3 is 0 Å². The van der Waals surface area contributed by atoms with Crippen LogP contribution in [0.4, 0.5) is 0 Å². The summed E-state index contributed by atoms with van der Waals surface area (Å²) in [5, 5.41) is 0. The lowest BCUT2D eigenvalue weighted by molar-refractivity contribution is 0.223. The Morgan fingerprint density at radius 3 is 2.80 bits per heavy atom. The first kappa shape index (κ1) is 12.1. The molecule has 84 valence electrons. The van der Waals surface area contributed by atoms with Crippen LogP contribution in [0.5, 0.6) is 0 Å². The number of likely N-dealkylation sites (N-methyl/N-ethyl adjacent to an activating group) is 1. The molecule has 0 bridgehead atoms. The lowest BCUT2D eigenvalue weighted by Gasteiger charge is -2.26. The highest BCUT2D eigenvalue weighted by Gasteiger charge is 2.12. The van der Waals surface area contributed by atoms with Gasteiger partial charge in [-0.25, -0.2) is 0 Å². The third-order valence-electron chi connectivity index (χ3n) is 2.65. The van der Waals surface area contributed by atoms with E-state index in [0.717, 1.165) is 25.2 Å². The van der Waals surface area contributed by atoms with Gasteiger partial charge in [-0.05, 0) is 25.6 Å². The second kappa shape index (κ2) is 6.53. The zero-order valence-corrected chi connectivity index (χ0v) is 9.69. The molecule has 1 heterocycles. The Morgan fingerprint density at radius 2 is 2.27 bits per heavy atom. The number of hydrogen-bond donors (Lipinski definition) is 1. The average Bonchev–Trinajstić information content (AvgIpc) is 2.27. The maximum Gasteiger partial charge on any atom is 0.0543 e. The molecule has 3 heteroatoms. The molecule has 0 aliphatic carbocycles. The number of hydrogen-bond acceptors (Lipinski definition) is 3. The third-order valence-corrected chi connectivity index (χ3v) is 2.65. The largest absolute Gasteiger partial charge is 0.329 e. The summed E-state index contributed by atoms with van der Waals surface area (Å²) in [4.78, 5) is 6.60. The topological polar surface area (TPSA) is 42.1 Å². The molecule has 1 rings (SSSR count). The molecule has 0 aromatic carbocycles. The van der Waals surface area contributed by atoms with Crippen LogP contribution >= 0.6 is 0 Å². The van der Waals surface area contributed by atoms with Crippen molar-refractivity contribution in [3.05, 3.63) is 30.1 Å². The Balaban J connectivity index is 2.50. The predicted molar refractivity (Wildman–Crippen MR) is 63.5 cm³/mol. The standard InChI is InChI=1S/C12H21N3/c1-3-6-12(9-13)15(2)10-11-7-4-5-8-14-11/h4-5,7-8,12H,3,6,9-10,13H2,1-2H3. The van der Waals surface area contributed by atoms with Gasteiger partial charge in [0, 0.05) is 25.3 Å². The van der Waals surface area contributed by atoms with Crippen molar-refractivity contribution in [3.8, 4) is 0 Å². The van der Waals surface area contributed by atoms with Crippen molar-refractivity contribution >= 4 is 0 Å². The van der Waals surface area contributed by atoms with Gasteiger partial charge in [-0.3, -0.25) is 9.88 Å². The Labute approximate surface area is 92.3 Å². The zero-order chi connectivity index (χ0) is 11.1. The lowest BCUT2D eigenvalue weighted by atomic mass is 10.1. The third kappa shape index (κ3) is 3.98. The van der Waals surface area contributed by atoms with Crippen molar-refractivity contribution in [3.63, 3.8) is 0 Å². The van der Waals surface area contributed by atoms with Crippen LogP contribution in [-0.2, 0) is 6.54 Å². The minimum absolute atomic E-state index is 0.469. The van der Waals surface area contributed by atoms with Crippen molar-refractivity contribution in [2.24, 2.45) is 5.73 Å². The lowest BCUT2D eigenvalue weighted by Crippen LogP contribution is -2.37. The number of rotatable bonds is 6. The SMILES string of the molecule is CCCC(CN)N(C)Cc1ccccn1. The normalized spacial score (nSPS) is 13.1. The van der Waals surface area contributed by atoms with Gasteiger partial charge in [0.2, 0.25) is 0 Å². The number of nitrogens with zero attached hydrogens (tertiary/aromatic N) is 2. The molecule has 15 heavy (non-hydrogen) atoms. The molecule has 1 aromatic heterocycles. The van der Waals surface area contributed by atoms with Crippen molar-refractivity contribution in [1.82, 2.24) is 9.88 Å². The maximum atomic E-state index is 5.75. The molecular weight excluding hydrogens is 186 g/mol. The van der Waals surface area contributed by atoms with E-state index < -0.39 is 0 Å². The van der Waals surface area contributed by atoms with E-state index in [1.54, 1.807) is 0 Å². The summed E-state index contributed by atoms with van der Waals surface area (Å²) in [6, 6.07) is 6.48. The molecule has 1 unspecified atom stereocenters. The summed E-state index contributed by atoms with van der Waals surface area (Å²) in [6.45, 7) is 3.79. The van der Waals surface area contributed by atoms with Gasteiger partial charge in [-0.2, -0.15) is 0 Å². The number of pyridine rings is 1. The molecular formula is C12H21N3. The first-order valence-electron chi connectivity index (χ1n) is 5.58. The monoisotopic (exact) mass is 207 g/mol. The van der Waals surface area contributed by atoms with Gasteiger partial charge in [0.1, 0.15) is 0 Å². The zero-order valence-electron chi connectivity index (χ0n) is 9.69. The van der Waals surface area contributed by atoms with E-state index in [4.69, 9.17) is 5.73 Å². The van der Waals surface area contributed by atoms with Gasteiger partial charge in [0.05, 0.1) is 5.69 Å². The van der Waals surface area contributed by atoms with Crippen LogP contribution in [0.1, 0.15) is 25.5 Å². The molecule has 0 aliphatic heterocycles. The van der Waals surface area contributed by atoms with E-state index in [2.05, 4.69) is 29.9 Å². The molecule has 2 N–H and O–H groups in total. The van der Waals surface area contributed by atoms with Crippen LogP contribution in [0.15, 0.2) is 24.4 Å². The van der Waals surface area contributed by atoms with E-state index >= 15 is 0 Å². The summed E-state index contributed by atoms with van der Waals surface area (Å²) in [6.07, 6.45) is 4.16. The van der Waals surface area contributed by atoms with Crippen LogP contribution in [0.2, 0.25) is 0 Å². The van der Waals surface area contributed by atoms with Gasteiger partial charge in [0.25, 0.3) is 0 Å². The first-order valence-corrected chi connectivity index (χ1v) is 5.58. The Morgan fingerprint density at radius 1 is 1.47 bits per heavy atom. The summed E-state index contributed by atoms with van der Waals surface area (Å²) in [5.74, 6) is 0. The quantitative estimate of drug-likeness (QED) is 0.771. The number of aromatic nitrogens is 1. The second-order valence-corrected chi connectivity index (χ2v) is 3.91. The van der Waals surface area contributed by atoms with Gasteiger partial charge in [-0.15, -0.1) is 0 Å². The molecule has 0 saturated heterocycles. The fraction of sp³-hybridized carbons (Fsp3) is 0.583. The summed E-state index contributed by atoms with van der Waals surface area (Å²) in [7, 11) is 2.11. The van der Waals surface area contributed by atoms with Gasteiger partial charge in [-0.1, -0.05) is 19.4 Å². The minimum atomic E-state index is 0.469. The molecule has 1 aromatic rings. The predicted octanol–water partition coefficient (Wildman–Crippen LogP) is 1.64. The maximum absolute atomic E-state index is 5.75. The number of nitrogens with two attached hydrogens (primary N) is 1. The fourth-order valence-electron chi connectivity index (χ4n) is 1.73. The highest BCUT2D eigenvalue weighted by molar-refractivity contribution is 5.03. The molecule has 0 radical (unpaired) electrons. The molecule has 0 amide bonds. The van der Waals surface area contributed by atoms with Crippen molar-refractivity contribution in [1.29, 1.82) is 0 Å². The Bertz CT molecular complexity index is 261. The van der Waals surface area contributed by atoms with Crippen LogP contribution < -0.4 is 5.73 Å². The minimum Gasteiger partial charge on any atom is -0.329 e. The highest BCUT2D eigenvalue weighted by atomic mass is 15.1. The van der Waals surface area contributed by atoms with E-state index in [-0.39, 0.29) is 0 Å². The summed E-state index contributed by atoms with van der Waals surface area (Å²) in [5.41, 5.74) is 6.86. The van der Waals surface area contributed by atoms with E-state index in [0.29, 0.717) is 6.04 Å². The molecule has 0 fully saturated rings. The van der Waals surface area contributed by atoms with E-state index in [1.165, 1.54) is 6.42 Å². The first-order chi connectivity index (χ1) is 7.27. The summed E-state index contributed by atoms with van der Waals surface area (Å²) < 4.78 is 0. The molecule has 1 atom stereocenters. The van der Waals surface area contributed by atoms with E-state index in [1.807, 2.05) is 18.3 Å². The van der Waals surface area contributed by atoms with Crippen LogP contribution in [0.25, 0.3) is 0 Å². The van der Waals surface area contributed by atoms with Crippen molar-refractivity contribution in [2.75, 3.05) is 13.6 Å². The Hall–Kier alpha value is -0.930. The van der Waals surface area contributed by atoms with Crippen molar-refractivity contribution < 1.29 is 0 Å². The molecule has 0 saturated carbocycles. The summed E-state index contributed by atoms with van der Waals surface area (Å²) >= 11 is 0. The molecule has 0 aliphatic rings. The van der Waals surface area contributed by atoms with Crippen LogP contribution in [-0.4, -0.2) is 29.5 Å². The van der Waals surface area contributed by atoms with E-state index in [9.17, 15) is 0 Å². The highest BCUT2D eigenvalue weighted by Crippen LogP contribution is 2.07. The second-order valence-electron chi connectivity index (χ2n) is 3.91. The van der Waals surface area contributed by atoms with Crippen molar-refractivity contribution in [2.45, 2.75) is 32.4 Å². The van der Waals surface area contributed by atoms with Crippen LogP contribution in [0, 0.1) is 0 Å².